The lowest BCUT2D eigenvalue weighted by atomic mass is 10.2. The number of carboxylic acid groups (broad SMARTS) is 1. The number of benzene rings is 1. The van der Waals surface area contributed by atoms with E-state index in [9.17, 15) is 9.59 Å². The van der Waals surface area contributed by atoms with Crippen molar-refractivity contribution in [2.45, 2.75) is 12.8 Å². The largest absolute Gasteiger partial charge is 0.478 e. The minimum Gasteiger partial charge on any atom is -0.478 e. The molecule has 1 aromatic rings. The maximum absolute atomic E-state index is 11.7. The maximum atomic E-state index is 11.7. The minimum absolute atomic E-state index is 0.0822. The van der Waals surface area contributed by atoms with Gasteiger partial charge in [-0.1, -0.05) is 15.9 Å². The Morgan fingerprint density at radius 3 is 2.74 bits per heavy atom. The van der Waals surface area contributed by atoms with Gasteiger partial charge in [0.15, 0.2) is 0 Å². The van der Waals surface area contributed by atoms with Crippen molar-refractivity contribution in [3.8, 4) is 0 Å². The van der Waals surface area contributed by atoms with Gasteiger partial charge in [0, 0.05) is 4.47 Å². The Bertz CT molecular complexity index is 501. The van der Waals surface area contributed by atoms with Crippen molar-refractivity contribution in [2.24, 2.45) is 5.92 Å². The molecule has 1 aromatic carbocycles. The fourth-order valence-corrected chi connectivity index (χ4v) is 2.07. The SMILES string of the molecule is O=C(CNCC1CC1)Nc1cc(Br)ccc1C(=O)O. The number of anilines is 1. The highest BCUT2D eigenvalue weighted by molar-refractivity contribution is 9.10. The summed E-state index contributed by atoms with van der Waals surface area (Å²) in [6.45, 7) is 1.04. The first-order valence-electron chi connectivity index (χ1n) is 6.09. The molecule has 5 nitrogen and oxygen atoms in total. The summed E-state index contributed by atoms with van der Waals surface area (Å²) < 4.78 is 0.721. The second-order valence-corrected chi connectivity index (χ2v) is 5.53. The molecule has 1 saturated carbocycles. The van der Waals surface area contributed by atoms with E-state index in [1.165, 1.54) is 18.9 Å². The summed E-state index contributed by atoms with van der Waals surface area (Å²) in [5.74, 6) is -0.594. The van der Waals surface area contributed by atoms with Crippen LogP contribution in [0.1, 0.15) is 23.2 Å². The summed E-state index contributed by atoms with van der Waals surface area (Å²) in [5.41, 5.74) is 0.388. The highest BCUT2D eigenvalue weighted by Crippen LogP contribution is 2.27. The van der Waals surface area contributed by atoms with Gasteiger partial charge in [0.25, 0.3) is 0 Å². The Kier molecular flexibility index (Phi) is 4.55. The fraction of sp³-hybridized carbons (Fsp3) is 0.385. The molecule has 102 valence electrons. The molecular formula is C13H15BrN2O3. The minimum atomic E-state index is -1.06. The lowest BCUT2D eigenvalue weighted by Gasteiger charge is -2.09. The zero-order valence-corrected chi connectivity index (χ0v) is 11.9. The van der Waals surface area contributed by atoms with Crippen molar-refractivity contribution < 1.29 is 14.7 Å². The number of rotatable bonds is 6. The van der Waals surface area contributed by atoms with Crippen LogP contribution in [0.15, 0.2) is 22.7 Å². The molecule has 0 saturated heterocycles. The predicted octanol–water partition coefficient (Wildman–Crippen LogP) is 2.09. The lowest BCUT2D eigenvalue weighted by Crippen LogP contribution is -2.29. The van der Waals surface area contributed by atoms with Gasteiger partial charge in [-0.15, -0.1) is 0 Å². The Hall–Kier alpha value is -1.40. The molecule has 0 radical (unpaired) electrons. The Morgan fingerprint density at radius 1 is 1.37 bits per heavy atom. The molecule has 0 unspecified atom stereocenters. The third-order valence-electron chi connectivity index (χ3n) is 2.90. The second-order valence-electron chi connectivity index (χ2n) is 4.62. The molecule has 1 amide bonds. The number of nitrogens with one attached hydrogen (secondary N) is 2. The fourth-order valence-electron chi connectivity index (χ4n) is 1.71. The third kappa shape index (κ3) is 4.33. The summed E-state index contributed by atoms with van der Waals surface area (Å²) in [7, 11) is 0. The van der Waals surface area contributed by atoms with Gasteiger partial charge in [-0.2, -0.15) is 0 Å². The van der Waals surface area contributed by atoms with Gasteiger partial charge in [0.1, 0.15) is 0 Å². The first-order chi connectivity index (χ1) is 9.06. The van der Waals surface area contributed by atoms with Crippen molar-refractivity contribution in [2.75, 3.05) is 18.4 Å². The van der Waals surface area contributed by atoms with Gasteiger partial charge in [0.2, 0.25) is 5.91 Å². The molecule has 0 heterocycles. The number of carboxylic acids is 1. The van der Waals surface area contributed by atoms with E-state index in [4.69, 9.17) is 5.11 Å². The van der Waals surface area contributed by atoms with E-state index in [-0.39, 0.29) is 18.0 Å². The van der Waals surface area contributed by atoms with Gasteiger partial charge < -0.3 is 15.7 Å². The molecule has 19 heavy (non-hydrogen) atoms. The normalized spacial score (nSPS) is 14.2. The van der Waals surface area contributed by atoms with Crippen LogP contribution in [0.5, 0.6) is 0 Å². The molecule has 0 bridgehead atoms. The standard InChI is InChI=1S/C13H15BrN2O3/c14-9-3-4-10(13(18)19)11(5-9)16-12(17)7-15-6-8-1-2-8/h3-5,8,15H,1-2,6-7H2,(H,16,17)(H,18,19). The van der Waals surface area contributed by atoms with Gasteiger partial charge in [-0.3, -0.25) is 4.79 Å². The number of hydrogen-bond acceptors (Lipinski definition) is 3. The smallest absolute Gasteiger partial charge is 0.337 e. The van der Waals surface area contributed by atoms with Crippen LogP contribution in [-0.4, -0.2) is 30.1 Å². The van der Waals surface area contributed by atoms with E-state index >= 15 is 0 Å². The van der Waals surface area contributed by atoms with Gasteiger partial charge in [-0.25, -0.2) is 4.79 Å². The molecule has 0 atom stereocenters. The van der Waals surface area contributed by atoms with Crippen molar-refractivity contribution in [1.82, 2.24) is 5.32 Å². The third-order valence-corrected chi connectivity index (χ3v) is 3.39. The predicted molar refractivity (Wildman–Crippen MR) is 75.3 cm³/mol. The zero-order chi connectivity index (χ0) is 13.8. The molecule has 0 spiro atoms. The number of aromatic carboxylic acids is 1. The Labute approximate surface area is 119 Å². The molecular weight excluding hydrogens is 312 g/mol. The first-order valence-corrected chi connectivity index (χ1v) is 6.89. The van der Waals surface area contributed by atoms with Gasteiger partial charge >= 0.3 is 5.97 Å². The molecule has 2 rings (SSSR count). The maximum Gasteiger partial charge on any atom is 0.337 e. The molecule has 0 aliphatic heterocycles. The van der Waals surface area contributed by atoms with Crippen molar-refractivity contribution >= 4 is 33.5 Å². The summed E-state index contributed by atoms with van der Waals surface area (Å²) in [6.07, 6.45) is 2.45. The number of halogens is 1. The molecule has 3 N–H and O–H groups in total. The summed E-state index contributed by atoms with van der Waals surface area (Å²) in [4.78, 5) is 22.8. The van der Waals surface area contributed by atoms with Gasteiger partial charge in [-0.05, 0) is 43.5 Å². The van der Waals surface area contributed by atoms with E-state index in [1.54, 1.807) is 12.1 Å². The molecule has 1 aliphatic carbocycles. The zero-order valence-electron chi connectivity index (χ0n) is 10.3. The van der Waals surface area contributed by atoms with Crippen LogP contribution in [0.3, 0.4) is 0 Å². The monoisotopic (exact) mass is 326 g/mol. The van der Waals surface area contributed by atoms with E-state index in [0.717, 1.165) is 11.0 Å². The summed E-state index contributed by atoms with van der Waals surface area (Å²) >= 11 is 3.26. The van der Waals surface area contributed by atoms with Crippen LogP contribution in [0, 0.1) is 5.92 Å². The molecule has 0 aromatic heterocycles. The van der Waals surface area contributed by atoms with Crippen LogP contribution >= 0.6 is 15.9 Å². The summed E-state index contributed by atoms with van der Waals surface area (Å²) in [6, 6.07) is 4.67. The van der Waals surface area contributed by atoms with E-state index < -0.39 is 5.97 Å². The first kappa shape index (κ1) is 14.0. The molecule has 6 heteroatoms. The highest BCUT2D eigenvalue weighted by atomic mass is 79.9. The van der Waals surface area contributed by atoms with Gasteiger partial charge in [0.05, 0.1) is 17.8 Å². The van der Waals surface area contributed by atoms with E-state index in [2.05, 4.69) is 26.6 Å². The number of carbonyl (C=O) groups is 2. The van der Waals surface area contributed by atoms with Crippen LogP contribution < -0.4 is 10.6 Å². The quantitative estimate of drug-likeness (QED) is 0.748. The lowest BCUT2D eigenvalue weighted by molar-refractivity contribution is -0.115. The van der Waals surface area contributed by atoms with Crippen molar-refractivity contribution in [3.05, 3.63) is 28.2 Å². The van der Waals surface area contributed by atoms with E-state index in [0.29, 0.717) is 11.6 Å². The Morgan fingerprint density at radius 2 is 2.11 bits per heavy atom. The van der Waals surface area contributed by atoms with E-state index in [1.807, 2.05) is 0 Å². The average Bonchev–Trinajstić information content (AvgIpc) is 3.12. The molecule has 1 fully saturated rings. The molecule has 1 aliphatic rings. The van der Waals surface area contributed by atoms with Crippen LogP contribution in [-0.2, 0) is 4.79 Å². The number of carbonyl (C=O) groups excluding carboxylic acids is 1. The van der Waals surface area contributed by atoms with Crippen LogP contribution in [0.4, 0.5) is 5.69 Å². The highest BCUT2D eigenvalue weighted by Gasteiger charge is 2.20. The number of amides is 1. The van der Waals surface area contributed by atoms with Crippen molar-refractivity contribution in [1.29, 1.82) is 0 Å². The topological polar surface area (TPSA) is 78.4 Å². The van der Waals surface area contributed by atoms with Crippen molar-refractivity contribution in [3.63, 3.8) is 0 Å². The second kappa shape index (κ2) is 6.16. The van der Waals surface area contributed by atoms with Crippen LogP contribution in [0.25, 0.3) is 0 Å². The van der Waals surface area contributed by atoms with Crippen LogP contribution in [0.2, 0.25) is 0 Å². The number of hydrogen-bond donors (Lipinski definition) is 3. The average molecular weight is 327 g/mol. The Balaban J connectivity index is 1.94. The summed E-state index contributed by atoms with van der Waals surface area (Å²) in [5, 5.41) is 14.7.